The van der Waals surface area contributed by atoms with E-state index in [0.717, 1.165) is 5.56 Å². The van der Waals surface area contributed by atoms with Gasteiger partial charge in [-0.1, -0.05) is 17.7 Å². The fraction of sp³-hybridized carbons (Fsp3) is 0.0714. The highest BCUT2D eigenvalue weighted by atomic mass is 79.9. The van der Waals surface area contributed by atoms with Crippen molar-refractivity contribution >= 4 is 33.4 Å². The molecule has 3 N–H and O–H groups in total. The fourth-order valence-corrected chi connectivity index (χ4v) is 2.30. The highest BCUT2D eigenvalue weighted by Gasteiger charge is 2.06. The first kappa shape index (κ1) is 14.8. The molecule has 0 aromatic heterocycles. The molecule has 104 valence electrons. The molecule has 0 aliphatic carbocycles. The molecule has 0 saturated carbocycles. The number of benzene rings is 2. The van der Waals surface area contributed by atoms with Crippen LogP contribution in [0.3, 0.4) is 0 Å². The Morgan fingerprint density at radius 2 is 2.05 bits per heavy atom. The monoisotopic (exact) mass is 356 g/mol. The summed E-state index contributed by atoms with van der Waals surface area (Å²) in [5, 5.41) is 7.70. The molecule has 2 aromatic carbocycles. The average molecular weight is 358 g/mol. The first-order valence-corrected chi connectivity index (χ1v) is 6.85. The molecule has 0 unspecified atom stereocenters. The molecule has 0 fully saturated rings. The van der Waals surface area contributed by atoms with E-state index in [2.05, 4.69) is 15.9 Å². The molecule has 2 aromatic rings. The van der Waals surface area contributed by atoms with Crippen LogP contribution in [0.2, 0.25) is 5.02 Å². The highest BCUT2D eigenvalue weighted by molar-refractivity contribution is 9.10. The van der Waals surface area contributed by atoms with Crippen LogP contribution in [-0.2, 0) is 6.61 Å². The Morgan fingerprint density at radius 1 is 1.30 bits per heavy atom. The molecule has 3 nitrogen and oxygen atoms in total. The molecule has 0 heterocycles. The molecular weight excluding hydrogens is 347 g/mol. The second kappa shape index (κ2) is 6.24. The Kier molecular flexibility index (Phi) is 4.62. The van der Waals surface area contributed by atoms with E-state index < -0.39 is 0 Å². The third-order valence-electron chi connectivity index (χ3n) is 2.62. The van der Waals surface area contributed by atoms with Gasteiger partial charge in [-0.05, 0) is 51.8 Å². The van der Waals surface area contributed by atoms with E-state index in [0.29, 0.717) is 20.8 Å². The molecule has 0 bridgehead atoms. The van der Waals surface area contributed by atoms with Crippen LogP contribution in [0.15, 0.2) is 40.9 Å². The number of hydrogen-bond donors (Lipinski definition) is 2. The molecule has 0 saturated heterocycles. The third-order valence-corrected chi connectivity index (χ3v) is 3.54. The molecule has 0 radical (unpaired) electrons. The van der Waals surface area contributed by atoms with Crippen LogP contribution < -0.4 is 10.5 Å². The Bertz CT molecular complexity index is 664. The van der Waals surface area contributed by atoms with E-state index in [1.165, 1.54) is 6.07 Å². The molecule has 20 heavy (non-hydrogen) atoms. The van der Waals surface area contributed by atoms with Crippen LogP contribution in [0.5, 0.6) is 5.75 Å². The zero-order chi connectivity index (χ0) is 14.7. The number of ether oxygens (including phenoxy) is 1. The first-order chi connectivity index (χ1) is 9.47. The average Bonchev–Trinajstić information content (AvgIpc) is 2.40. The van der Waals surface area contributed by atoms with E-state index in [1.54, 1.807) is 30.3 Å². The van der Waals surface area contributed by atoms with Gasteiger partial charge in [-0.15, -0.1) is 0 Å². The summed E-state index contributed by atoms with van der Waals surface area (Å²) in [6, 6.07) is 9.57. The fourth-order valence-electron chi connectivity index (χ4n) is 1.60. The van der Waals surface area contributed by atoms with Gasteiger partial charge in [0, 0.05) is 5.56 Å². The van der Waals surface area contributed by atoms with Gasteiger partial charge in [-0.2, -0.15) is 0 Å². The minimum absolute atomic E-state index is 0.0935. The Labute approximate surface area is 129 Å². The first-order valence-electron chi connectivity index (χ1n) is 5.68. The molecular formula is C14H11BrClFN2O. The van der Waals surface area contributed by atoms with Crippen molar-refractivity contribution in [2.75, 3.05) is 0 Å². The van der Waals surface area contributed by atoms with Gasteiger partial charge in [0.1, 0.15) is 24.0 Å². The standard InChI is InChI=1S/C14H11BrClFN2O/c15-11-5-8(1-4-13(11)17)7-20-9-2-3-10(14(18)19)12(16)6-9/h1-6H,7H2,(H3,18,19). The third kappa shape index (κ3) is 3.49. The van der Waals surface area contributed by atoms with Crippen molar-refractivity contribution in [3.05, 3.63) is 62.8 Å². The zero-order valence-electron chi connectivity index (χ0n) is 10.3. The van der Waals surface area contributed by atoms with E-state index in [1.807, 2.05) is 0 Å². The van der Waals surface area contributed by atoms with Crippen molar-refractivity contribution in [2.24, 2.45) is 5.73 Å². The molecule has 6 heteroatoms. The maximum Gasteiger partial charge on any atom is 0.137 e. The lowest BCUT2D eigenvalue weighted by molar-refractivity contribution is 0.306. The number of nitrogens with two attached hydrogens (primary N) is 1. The summed E-state index contributed by atoms with van der Waals surface area (Å²) in [4.78, 5) is 0. The van der Waals surface area contributed by atoms with Gasteiger partial charge in [0.2, 0.25) is 0 Å². The minimum Gasteiger partial charge on any atom is -0.489 e. The minimum atomic E-state index is -0.317. The highest BCUT2D eigenvalue weighted by Crippen LogP contribution is 2.23. The summed E-state index contributed by atoms with van der Waals surface area (Å²) in [7, 11) is 0. The van der Waals surface area contributed by atoms with Gasteiger partial charge in [0.05, 0.1) is 9.50 Å². The number of hydrogen-bond acceptors (Lipinski definition) is 2. The van der Waals surface area contributed by atoms with Gasteiger partial charge in [0.25, 0.3) is 0 Å². The van der Waals surface area contributed by atoms with Crippen LogP contribution in [0.4, 0.5) is 4.39 Å². The topological polar surface area (TPSA) is 59.1 Å². The Balaban J connectivity index is 2.09. The van der Waals surface area contributed by atoms with Gasteiger partial charge in [-0.3, -0.25) is 5.41 Å². The summed E-state index contributed by atoms with van der Waals surface area (Å²) < 4.78 is 19.1. The van der Waals surface area contributed by atoms with Gasteiger partial charge >= 0.3 is 0 Å². The quantitative estimate of drug-likeness (QED) is 0.639. The molecule has 0 spiro atoms. The second-order valence-electron chi connectivity index (χ2n) is 4.09. The summed E-state index contributed by atoms with van der Waals surface area (Å²) in [5.41, 5.74) is 6.66. The van der Waals surface area contributed by atoms with Crippen molar-refractivity contribution in [1.29, 1.82) is 5.41 Å². The number of amidine groups is 1. The van der Waals surface area contributed by atoms with E-state index in [-0.39, 0.29) is 18.3 Å². The zero-order valence-corrected chi connectivity index (χ0v) is 12.6. The van der Waals surface area contributed by atoms with Crippen molar-refractivity contribution in [3.8, 4) is 5.75 Å². The predicted octanol–water partition coefficient (Wildman–Crippen LogP) is 4.10. The summed E-state index contributed by atoms with van der Waals surface area (Å²) >= 11 is 9.11. The van der Waals surface area contributed by atoms with Gasteiger partial charge in [-0.25, -0.2) is 4.39 Å². The molecule has 0 atom stereocenters. The number of nitrogen functional groups attached to an aromatic ring is 1. The molecule has 0 aliphatic heterocycles. The maximum atomic E-state index is 13.1. The van der Waals surface area contributed by atoms with E-state index >= 15 is 0 Å². The lowest BCUT2D eigenvalue weighted by Gasteiger charge is -2.09. The summed E-state index contributed by atoms with van der Waals surface area (Å²) in [6.45, 7) is 0.286. The van der Waals surface area contributed by atoms with E-state index in [4.69, 9.17) is 27.5 Å². The van der Waals surface area contributed by atoms with Crippen LogP contribution in [0.25, 0.3) is 0 Å². The van der Waals surface area contributed by atoms with Crippen LogP contribution in [0, 0.1) is 11.2 Å². The van der Waals surface area contributed by atoms with Crippen molar-refractivity contribution in [1.82, 2.24) is 0 Å². The van der Waals surface area contributed by atoms with Gasteiger partial charge < -0.3 is 10.5 Å². The Hall–Kier alpha value is -1.59. The lowest BCUT2D eigenvalue weighted by atomic mass is 10.2. The molecule has 2 rings (SSSR count). The van der Waals surface area contributed by atoms with Crippen molar-refractivity contribution in [2.45, 2.75) is 6.61 Å². The lowest BCUT2D eigenvalue weighted by Crippen LogP contribution is -2.11. The van der Waals surface area contributed by atoms with Crippen LogP contribution in [0.1, 0.15) is 11.1 Å². The Morgan fingerprint density at radius 3 is 2.65 bits per heavy atom. The van der Waals surface area contributed by atoms with Crippen LogP contribution >= 0.6 is 27.5 Å². The number of halogens is 3. The summed E-state index contributed by atoms with van der Waals surface area (Å²) in [6.07, 6.45) is 0. The number of rotatable bonds is 4. The second-order valence-corrected chi connectivity index (χ2v) is 5.35. The normalized spacial score (nSPS) is 10.3. The van der Waals surface area contributed by atoms with Gasteiger partial charge in [0.15, 0.2) is 0 Å². The maximum absolute atomic E-state index is 13.1. The molecule has 0 aliphatic rings. The largest absolute Gasteiger partial charge is 0.489 e. The van der Waals surface area contributed by atoms with Crippen molar-refractivity contribution in [3.63, 3.8) is 0 Å². The van der Waals surface area contributed by atoms with Crippen molar-refractivity contribution < 1.29 is 9.13 Å². The number of nitrogens with one attached hydrogen (secondary N) is 1. The summed E-state index contributed by atoms with van der Waals surface area (Å²) in [5.74, 6) is 0.145. The molecule has 0 amide bonds. The van der Waals surface area contributed by atoms with Crippen LogP contribution in [-0.4, -0.2) is 5.84 Å². The smallest absolute Gasteiger partial charge is 0.137 e. The van der Waals surface area contributed by atoms with E-state index in [9.17, 15) is 4.39 Å². The SMILES string of the molecule is N=C(N)c1ccc(OCc2ccc(F)c(Br)c2)cc1Cl. The predicted molar refractivity (Wildman–Crippen MR) is 80.9 cm³/mol.